The van der Waals surface area contributed by atoms with Crippen LogP contribution >= 0.6 is 11.3 Å². The summed E-state index contributed by atoms with van der Waals surface area (Å²) < 4.78 is 0. The van der Waals surface area contributed by atoms with Crippen molar-refractivity contribution in [3.05, 3.63) is 5.01 Å². The molecule has 1 fully saturated rings. The van der Waals surface area contributed by atoms with Crippen LogP contribution in [0.15, 0.2) is 0 Å². The van der Waals surface area contributed by atoms with Crippen molar-refractivity contribution >= 4 is 28.5 Å². The van der Waals surface area contributed by atoms with E-state index in [0.717, 1.165) is 24.3 Å². The van der Waals surface area contributed by atoms with E-state index in [0.29, 0.717) is 30.8 Å². The van der Waals surface area contributed by atoms with Crippen LogP contribution in [0, 0.1) is 5.92 Å². The number of carbonyl (C=O) groups excluding carboxylic acids is 1. The van der Waals surface area contributed by atoms with Crippen LogP contribution in [0.25, 0.3) is 0 Å². The number of carboxylic acids is 1. The maximum absolute atomic E-state index is 11.9. The number of aromatic nitrogens is 2. The number of aryl methyl sites for hydroxylation is 1. The van der Waals surface area contributed by atoms with Crippen molar-refractivity contribution in [2.75, 3.05) is 5.32 Å². The molecular weight excluding hydrogens is 304 g/mol. The predicted molar refractivity (Wildman–Crippen MR) is 84.1 cm³/mol. The zero-order chi connectivity index (χ0) is 15.9. The molecule has 0 aliphatic heterocycles. The molecule has 0 unspecified atom stereocenters. The number of nitrogens with zero attached hydrogens (tertiary/aromatic N) is 2. The average Bonchev–Trinajstić information content (AvgIpc) is 2.93. The Morgan fingerprint density at radius 2 is 2.00 bits per heavy atom. The molecule has 1 saturated carbocycles. The third kappa shape index (κ3) is 4.94. The fourth-order valence-corrected chi connectivity index (χ4v) is 3.31. The number of anilines is 1. The van der Waals surface area contributed by atoms with Gasteiger partial charge in [0, 0.05) is 12.5 Å². The summed E-state index contributed by atoms with van der Waals surface area (Å²) in [5.74, 6) is -1.01. The molecule has 1 aromatic rings. The second-order valence-corrected chi connectivity index (χ2v) is 6.65. The number of rotatable bonds is 6. The summed E-state index contributed by atoms with van der Waals surface area (Å²) in [5.41, 5.74) is 0. The van der Waals surface area contributed by atoms with E-state index in [1.165, 1.54) is 11.3 Å². The van der Waals surface area contributed by atoms with Crippen LogP contribution in [0.2, 0.25) is 0 Å². The highest BCUT2D eigenvalue weighted by Gasteiger charge is 2.26. The largest absolute Gasteiger partial charge is 0.481 e. The first-order chi connectivity index (χ1) is 10.6. The highest BCUT2D eigenvalue weighted by Crippen LogP contribution is 2.24. The number of unbranched alkanes of at least 4 members (excludes halogenated alkanes) is 1. The van der Waals surface area contributed by atoms with E-state index in [1.807, 2.05) is 0 Å². The maximum atomic E-state index is 11.9. The van der Waals surface area contributed by atoms with Crippen LogP contribution in [0.5, 0.6) is 0 Å². The summed E-state index contributed by atoms with van der Waals surface area (Å²) in [6, 6.07) is -0.264. The van der Waals surface area contributed by atoms with Crippen LogP contribution in [0.1, 0.15) is 50.5 Å². The quantitative estimate of drug-likeness (QED) is 0.745. The molecule has 0 aromatic carbocycles. The lowest BCUT2D eigenvalue weighted by Gasteiger charge is -2.26. The lowest BCUT2D eigenvalue weighted by molar-refractivity contribution is -0.142. The van der Waals surface area contributed by atoms with Gasteiger partial charge in [0.05, 0.1) is 5.92 Å². The van der Waals surface area contributed by atoms with E-state index in [1.54, 1.807) is 0 Å². The lowest BCUT2D eigenvalue weighted by Crippen LogP contribution is -2.40. The van der Waals surface area contributed by atoms with Gasteiger partial charge in [-0.2, -0.15) is 0 Å². The molecule has 122 valence electrons. The van der Waals surface area contributed by atoms with E-state index in [2.05, 4.69) is 27.8 Å². The Kier molecular flexibility index (Phi) is 6.11. The first-order valence-electron chi connectivity index (χ1n) is 7.71. The van der Waals surface area contributed by atoms with Gasteiger partial charge in [-0.05, 0) is 32.1 Å². The molecule has 3 N–H and O–H groups in total. The normalized spacial score (nSPS) is 21.3. The molecule has 2 amide bonds. The van der Waals surface area contributed by atoms with Crippen LogP contribution in [-0.2, 0) is 11.2 Å². The average molecular weight is 326 g/mol. The number of carbonyl (C=O) groups is 2. The molecule has 1 heterocycles. The molecule has 0 bridgehead atoms. The van der Waals surface area contributed by atoms with Crippen molar-refractivity contribution in [3.8, 4) is 0 Å². The van der Waals surface area contributed by atoms with Gasteiger partial charge in [-0.15, -0.1) is 10.2 Å². The molecule has 1 aromatic heterocycles. The minimum Gasteiger partial charge on any atom is -0.481 e. The van der Waals surface area contributed by atoms with Gasteiger partial charge in [0.25, 0.3) is 0 Å². The first kappa shape index (κ1) is 16.7. The molecule has 7 nitrogen and oxygen atoms in total. The molecule has 0 atom stereocenters. The topological polar surface area (TPSA) is 104 Å². The Hall–Kier alpha value is -1.70. The van der Waals surface area contributed by atoms with Crippen molar-refractivity contribution in [1.29, 1.82) is 0 Å². The number of aliphatic carboxylic acids is 1. The van der Waals surface area contributed by atoms with E-state index < -0.39 is 5.97 Å². The summed E-state index contributed by atoms with van der Waals surface area (Å²) >= 11 is 1.40. The minimum absolute atomic E-state index is 0.0306. The monoisotopic (exact) mass is 326 g/mol. The highest BCUT2D eigenvalue weighted by molar-refractivity contribution is 7.15. The summed E-state index contributed by atoms with van der Waals surface area (Å²) in [6.45, 7) is 2.12. The number of amides is 2. The Morgan fingerprint density at radius 1 is 1.27 bits per heavy atom. The Balaban J connectivity index is 1.74. The molecule has 0 saturated heterocycles. The second kappa shape index (κ2) is 8.07. The van der Waals surface area contributed by atoms with Crippen molar-refractivity contribution in [3.63, 3.8) is 0 Å². The van der Waals surface area contributed by atoms with Crippen molar-refractivity contribution in [2.24, 2.45) is 5.92 Å². The summed E-state index contributed by atoms with van der Waals surface area (Å²) in [7, 11) is 0. The van der Waals surface area contributed by atoms with Crippen LogP contribution < -0.4 is 10.6 Å². The zero-order valence-corrected chi connectivity index (χ0v) is 13.5. The fraction of sp³-hybridized carbons (Fsp3) is 0.714. The van der Waals surface area contributed by atoms with Gasteiger partial charge in [0.15, 0.2) is 0 Å². The van der Waals surface area contributed by atoms with Gasteiger partial charge in [-0.3, -0.25) is 10.1 Å². The Labute approximate surface area is 133 Å². The van der Waals surface area contributed by atoms with Crippen molar-refractivity contribution < 1.29 is 14.7 Å². The number of hydrogen-bond donors (Lipinski definition) is 3. The van der Waals surface area contributed by atoms with Gasteiger partial charge in [0.2, 0.25) is 5.13 Å². The molecule has 1 aliphatic carbocycles. The third-order valence-electron chi connectivity index (χ3n) is 3.84. The molecule has 0 radical (unpaired) electrons. The van der Waals surface area contributed by atoms with Gasteiger partial charge in [0.1, 0.15) is 5.01 Å². The fourth-order valence-electron chi connectivity index (χ4n) is 2.54. The lowest BCUT2D eigenvalue weighted by atomic mass is 9.86. The number of nitrogens with one attached hydrogen (secondary N) is 2. The number of carboxylic acid groups (broad SMARTS) is 1. The standard InChI is InChI=1S/C14H22N4O3S/c1-2-3-4-11-17-18-14(22-11)16-13(21)15-10-7-5-9(6-8-10)12(19)20/h9-10H,2-8H2,1H3,(H,19,20)(H2,15,16,18,21). The van der Waals surface area contributed by atoms with Crippen LogP contribution in [-0.4, -0.2) is 33.3 Å². The van der Waals surface area contributed by atoms with E-state index in [9.17, 15) is 9.59 Å². The smallest absolute Gasteiger partial charge is 0.321 e. The molecule has 22 heavy (non-hydrogen) atoms. The number of urea groups is 1. The second-order valence-electron chi connectivity index (χ2n) is 5.59. The first-order valence-corrected chi connectivity index (χ1v) is 8.52. The van der Waals surface area contributed by atoms with E-state index >= 15 is 0 Å². The van der Waals surface area contributed by atoms with Crippen molar-refractivity contribution in [2.45, 2.75) is 57.9 Å². The van der Waals surface area contributed by atoms with Gasteiger partial charge >= 0.3 is 12.0 Å². The zero-order valence-electron chi connectivity index (χ0n) is 12.7. The van der Waals surface area contributed by atoms with E-state index in [4.69, 9.17) is 5.11 Å². The third-order valence-corrected chi connectivity index (χ3v) is 4.74. The number of hydrogen-bond acceptors (Lipinski definition) is 5. The molecule has 8 heteroatoms. The van der Waals surface area contributed by atoms with Crippen LogP contribution in [0.4, 0.5) is 9.93 Å². The maximum Gasteiger partial charge on any atom is 0.321 e. The summed E-state index contributed by atoms with van der Waals surface area (Å²) in [5, 5.41) is 24.0. The van der Waals surface area contributed by atoms with Gasteiger partial charge in [-0.25, -0.2) is 4.79 Å². The van der Waals surface area contributed by atoms with Gasteiger partial charge in [-0.1, -0.05) is 24.7 Å². The summed E-state index contributed by atoms with van der Waals surface area (Å²) in [4.78, 5) is 22.8. The van der Waals surface area contributed by atoms with Crippen LogP contribution in [0.3, 0.4) is 0 Å². The molecular formula is C14H22N4O3S. The highest BCUT2D eigenvalue weighted by atomic mass is 32.1. The molecule has 2 rings (SSSR count). The van der Waals surface area contributed by atoms with Crippen molar-refractivity contribution in [1.82, 2.24) is 15.5 Å². The molecule has 1 aliphatic rings. The summed E-state index contributed by atoms with van der Waals surface area (Å²) in [6.07, 6.45) is 5.66. The Morgan fingerprint density at radius 3 is 2.64 bits per heavy atom. The van der Waals surface area contributed by atoms with E-state index in [-0.39, 0.29) is 18.0 Å². The van der Waals surface area contributed by atoms with Gasteiger partial charge < -0.3 is 10.4 Å². The molecule has 0 spiro atoms. The minimum atomic E-state index is -0.739. The predicted octanol–water partition coefficient (Wildman–Crippen LogP) is 2.65. The Bertz CT molecular complexity index is 512. The SMILES string of the molecule is CCCCc1nnc(NC(=O)NC2CCC(C(=O)O)CC2)s1.